The molecule has 2 aromatic rings. The highest BCUT2D eigenvalue weighted by Crippen LogP contribution is 2.27. The second kappa shape index (κ2) is 36.0. The Labute approximate surface area is 548 Å². The zero-order valence-corrected chi connectivity index (χ0v) is 53.9. The summed E-state index contributed by atoms with van der Waals surface area (Å²) in [4.78, 5) is 188. The maximum atomic E-state index is 14.6. The molecule has 14 amide bonds. The second-order valence-corrected chi connectivity index (χ2v) is 23.6. The monoisotopic (exact) mass is 1330 g/mol. The topological polar surface area (TPSA) is 453 Å². The van der Waals surface area contributed by atoms with E-state index in [2.05, 4.69) is 77.2 Å². The van der Waals surface area contributed by atoms with E-state index in [1.807, 2.05) is 0 Å². The Bertz CT molecular complexity index is 3210. The zero-order valence-electron chi connectivity index (χ0n) is 53.0. The predicted molar refractivity (Wildman–Crippen MR) is 341 cm³/mol. The Kier molecular flexibility index (Phi) is 28.8. The molecule has 0 spiro atoms. The van der Waals surface area contributed by atoms with Gasteiger partial charge in [-0.25, -0.2) is 0 Å². The van der Waals surface area contributed by atoms with Crippen molar-refractivity contribution in [3.8, 4) is 18.2 Å². The number of carbonyl (C=O) groups excluding carboxylic acids is 14. The van der Waals surface area contributed by atoms with Crippen molar-refractivity contribution in [3.63, 3.8) is 0 Å². The Balaban J connectivity index is 1.33. The summed E-state index contributed by atoms with van der Waals surface area (Å²) in [6.45, 7) is 7.06. The highest BCUT2D eigenvalue weighted by molar-refractivity contribution is 7.80. The van der Waals surface area contributed by atoms with Gasteiger partial charge in [0.25, 0.3) is 11.8 Å². The molecule has 15 N–H and O–H groups in total. The lowest BCUT2D eigenvalue weighted by Gasteiger charge is -2.32. The van der Waals surface area contributed by atoms with Crippen LogP contribution in [0.2, 0.25) is 0 Å². The molecule has 5 rings (SSSR count). The van der Waals surface area contributed by atoms with Crippen LogP contribution in [0.3, 0.4) is 0 Å². The fourth-order valence-corrected chi connectivity index (χ4v) is 10.4. The van der Waals surface area contributed by atoms with Gasteiger partial charge in [-0.15, -0.1) is 0 Å². The molecule has 1 unspecified atom stereocenters. The number of ether oxygens (including phenoxy) is 1. The molecule has 3 aliphatic rings. The van der Waals surface area contributed by atoms with E-state index in [0.29, 0.717) is 34.7 Å². The fourth-order valence-electron chi connectivity index (χ4n) is 10.2. The van der Waals surface area contributed by atoms with Gasteiger partial charge in [-0.3, -0.25) is 72.0 Å². The van der Waals surface area contributed by atoms with Crippen LogP contribution in [0.15, 0.2) is 54.6 Å². The van der Waals surface area contributed by atoms with Crippen molar-refractivity contribution >= 4 is 107 Å². The molecular weight excluding hydrogens is 1240 g/mol. The smallest absolute Gasteiger partial charge is 0.253 e. The number of terminal acetylenes is 1. The van der Waals surface area contributed by atoms with Crippen LogP contribution in [-0.4, -0.2) is 196 Å². The summed E-state index contributed by atoms with van der Waals surface area (Å²) < 4.78 is 6.09. The molecule has 0 radical (unpaired) electrons. The Morgan fingerprint density at radius 2 is 1.43 bits per heavy atom. The van der Waals surface area contributed by atoms with Crippen LogP contribution in [-0.2, 0) is 80.2 Å². The van der Waals surface area contributed by atoms with Gasteiger partial charge in [-0.2, -0.15) is 12.6 Å². The summed E-state index contributed by atoms with van der Waals surface area (Å²) in [6.07, 6.45) is 5.68. The number of aryl methyl sites for hydroxylation is 1. The SMILES string of the molecule is C#CNc1cc(OCc2ccc(NC(=O)[C@H](C)NC(=O)C(NC(=O)CCN3C(=O)C=CC3=O)C(C)C)cc2)ccc1CC[C@@H]1NC(=O)[C@H]([C@@H](C)[C@@H](O)CO)NC(=O)[C@@H]2CCCN2C(=O)[C@H](CC(N)=O)NC(=O)[C@H](CS)NC(=O)CNC(=O)[C@H]([C@@H](C)CC)NC(=O)CNC1=O. The molecule has 2 aromatic carbocycles. The number of benzene rings is 2. The van der Waals surface area contributed by atoms with Crippen molar-refractivity contribution in [2.75, 3.05) is 49.2 Å². The molecule has 31 nitrogen and oxygen atoms in total. The van der Waals surface area contributed by atoms with Crippen LogP contribution < -0.4 is 69.0 Å². The number of rotatable bonds is 24. The molecule has 11 atom stereocenters. The van der Waals surface area contributed by atoms with Gasteiger partial charge in [0.1, 0.15) is 60.7 Å². The van der Waals surface area contributed by atoms with Crippen LogP contribution in [0.25, 0.3) is 0 Å². The van der Waals surface area contributed by atoms with E-state index in [1.54, 1.807) is 70.2 Å². The second-order valence-electron chi connectivity index (χ2n) is 23.3. The first-order valence-electron chi connectivity index (χ1n) is 30.6. The lowest BCUT2D eigenvalue weighted by atomic mass is 9.94. The van der Waals surface area contributed by atoms with Gasteiger partial charge in [0.15, 0.2) is 0 Å². The Morgan fingerprint density at radius 1 is 0.777 bits per heavy atom. The number of imide groups is 1. The number of primary amides is 1. The Hall–Kier alpha value is -9.61. The lowest BCUT2D eigenvalue weighted by molar-refractivity contribution is -0.144. The van der Waals surface area contributed by atoms with Crippen LogP contribution >= 0.6 is 12.6 Å². The van der Waals surface area contributed by atoms with E-state index in [-0.39, 0.29) is 57.6 Å². The normalized spacial score (nSPS) is 22.0. The molecule has 0 aliphatic carbocycles. The van der Waals surface area contributed by atoms with Gasteiger partial charge in [0, 0.05) is 61.1 Å². The molecule has 510 valence electrons. The minimum atomic E-state index is -1.71. The van der Waals surface area contributed by atoms with Crippen molar-refractivity contribution in [1.82, 2.24) is 57.7 Å². The van der Waals surface area contributed by atoms with Gasteiger partial charge in [0.2, 0.25) is 70.9 Å². The number of nitrogens with zero attached hydrogens (tertiary/aromatic N) is 2. The molecule has 2 saturated heterocycles. The number of hydrogen-bond acceptors (Lipinski definition) is 19. The number of aliphatic hydroxyl groups excluding tert-OH is 2. The summed E-state index contributed by atoms with van der Waals surface area (Å²) in [5, 5.41) is 49.1. The van der Waals surface area contributed by atoms with Gasteiger partial charge in [-0.05, 0) is 73.8 Å². The third kappa shape index (κ3) is 21.8. The summed E-state index contributed by atoms with van der Waals surface area (Å²) in [7, 11) is 0. The maximum Gasteiger partial charge on any atom is 0.253 e. The number of carbonyl (C=O) groups is 14. The molecule has 3 heterocycles. The zero-order chi connectivity index (χ0) is 69.5. The van der Waals surface area contributed by atoms with Gasteiger partial charge in [-0.1, -0.05) is 65.7 Å². The quantitative estimate of drug-likeness (QED) is 0.0211. The van der Waals surface area contributed by atoms with Crippen LogP contribution in [0, 0.1) is 30.2 Å². The highest BCUT2D eigenvalue weighted by atomic mass is 32.1. The molecule has 2 fully saturated rings. The summed E-state index contributed by atoms with van der Waals surface area (Å²) >= 11 is 4.16. The number of nitrogens with two attached hydrogens (primary N) is 1. The van der Waals surface area contributed by atoms with Gasteiger partial charge < -0.3 is 84.1 Å². The summed E-state index contributed by atoms with van der Waals surface area (Å²) in [5.74, 6) is -13.4. The minimum absolute atomic E-state index is 0.0163. The lowest BCUT2D eigenvalue weighted by Crippen LogP contribution is -2.61. The number of nitrogens with one attached hydrogen (secondary N) is 11. The van der Waals surface area contributed by atoms with Crippen molar-refractivity contribution in [2.45, 2.75) is 148 Å². The number of amides is 14. The van der Waals surface area contributed by atoms with E-state index in [4.69, 9.17) is 16.9 Å². The van der Waals surface area contributed by atoms with Gasteiger partial charge in [0.05, 0.1) is 37.9 Å². The Morgan fingerprint density at radius 3 is 2.04 bits per heavy atom. The number of fused-ring (bicyclic) bond motifs is 1. The minimum Gasteiger partial charge on any atom is -0.489 e. The number of hydrogen-bond donors (Lipinski definition) is 15. The standard InChI is InChI=1S/C62H84N14O17S/c1-8-33(5)53-59(89)66-27-48(81)69-43(31-94)57(87)71-42(26-46(63)79)62(92)75-23-10-11-44(75)58(88)74-54(34(6)45(78)29-77)61(91)70-40(56(86)65-28-49(82)73-53)19-15-37-14-18-39(25-41(37)64-9-2)93-30-36-12-16-38(17-13-36)68-55(85)35(7)67-60(90)52(32(3)4)72-47(80)22-24-76-50(83)20-21-51(76)84/h2,12-14,16-18,20-21,25,32-35,40,42-45,52-54,64,77-78,94H,8,10-11,15,19,22-24,26-31H2,1,3-7H3,(H2,63,79)(H,65,86)(H,66,89)(H,67,90)(H,68,85)(H,69,81)(H,70,91)(H,71,87)(H,72,80)(H,73,82)(H,74,88)/t33-,34-,35-,40-,42-,43-,44-,45-,52?,53-,54-/m0/s1. The predicted octanol–water partition coefficient (Wildman–Crippen LogP) is -3.40. The number of aliphatic hydroxyl groups is 2. The number of anilines is 2. The molecule has 0 aromatic heterocycles. The molecule has 3 aliphatic heterocycles. The van der Waals surface area contributed by atoms with Crippen molar-refractivity contribution in [1.29, 1.82) is 0 Å². The van der Waals surface area contributed by atoms with Crippen molar-refractivity contribution in [2.24, 2.45) is 23.5 Å². The van der Waals surface area contributed by atoms with E-state index in [0.717, 1.165) is 22.0 Å². The third-order valence-electron chi connectivity index (χ3n) is 16.0. The van der Waals surface area contributed by atoms with Crippen LogP contribution in [0.5, 0.6) is 5.75 Å². The van der Waals surface area contributed by atoms with Crippen molar-refractivity contribution in [3.05, 3.63) is 65.7 Å². The molecule has 0 saturated carbocycles. The molecular formula is C62H84N14O17S. The van der Waals surface area contributed by atoms with E-state index in [9.17, 15) is 77.3 Å². The summed E-state index contributed by atoms with van der Waals surface area (Å²) in [5.41, 5.74) is 7.37. The van der Waals surface area contributed by atoms with E-state index in [1.165, 1.54) is 13.8 Å². The highest BCUT2D eigenvalue weighted by Gasteiger charge is 2.42. The average Bonchev–Trinajstić information content (AvgIpc) is 1.55. The van der Waals surface area contributed by atoms with Crippen LogP contribution in [0.4, 0.5) is 11.4 Å². The largest absolute Gasteiger partial charge is 0.489 e. The molecule has 94 heavy (non-hydrogen) atoms. The average molecular weight is 1330 g/mol. The first-order valence-corrected chi connectivity index (χ1v) is 31.3. The van der Waals surface area contributed by atoms with E-state index < -0.39 is 181 Å². The molecule has 0 bridgehead atoms. The van der Waals surface area contributed by atoms with Gasteiger partial charge >= 0.3 is 0 Å². The maximum absolute atomic E-state index is 14.6. The molecule has 32 heteroatoms. The van der Waals surface area contributed by atoms with E-state index >= 15 is 0 Å². The fraction of sp³-hybridized carbons (Fsp3) is 0.516. The van der Waals surface area contributed by atoms with Crippen LogP contribution in [0.1, 0.15) is 91.2 Å². The first kappa shape index (κ1) is 75.1. The first-order chi connectivity index (χ1) is 44.6. The van der Waals surface area contributed by atoms with Crippen molar-refractivity contribution < 1.29 is 82.1 Å². The summed E-state index contributed by atoms with van der Waals surface area (Å²) in [6, 6.07) is 2.77. The number of thiol groups is 1. The third-order valence-corrected chi connectivity index (χ3v) is 16.3.